The second-order valence-electron chi connectivity index (χ2n) is 5.13. The molecule has 0 aliphatic rings. The molecular weight excluding hydrogens is 352 g/mol. The average molecular weight is 370 g/mol. The summed E-state index contributed by atoms with van der Waals surface area (Å²) in [6, 6.07) is 12.9. The number of carbonyl (C=O) groups is 2. The van der Waals surface area contributed by atoms with Crippen molar-refractivity contribution >= 4 is 29.8 Å². The Labute approximate surface area is 155 Å². The summed E-state index contributed by atoms with van der Waals surface area (Å²) in [5, 5.41) is 3.64. The fraction of sp³-hybridized carbons (Fsp3) is 0.111. The van der Waals surface area contributed by atoms with Crippen LogP contribution < -0.4 is 16.2 Å². The van der Waals surface area contributed by atoms with Gasteiger partial charge in [0, 0.05) is 0 Å². The number of nitrogens with zero attached hydrogens (tertiary/aromatic N) is 2. The van der Waals surface area contributed by atoms with Crippen LogP contribution >= 0.6 is 0 Å². The molecule has 0 aliphatic heterocycles. The Morgan fingerprint density at radius 1 is 1.11 bits per heavy atom. The summed E-state index contributed by atoms with van der Waals surface area (Å²) in [6.45, 7) is -0.294. The summed E-state index contributed by atoms with van der Waals surface area (Å²) >= 11 is 0. The molecule has 0 atom stereocenters. The zero-order valence-electron chi connectivity index (χ0n) is 14.5. The van der Waals surface area contributed by atoms with Crippen LogP contribution in [-0.2, 0) is 14.4 Å². The van der Waals surface area contributed by atoms with Crippen molar-refractivity contribution in [1.82, 2.24) is 0 Å². The smallest absolute Gasteiger partial charge is 0.346 e. The Balaban J connectivity index is 1.98. The molecule has 9 heteroatoms. The summed E-state index contributed by atoms with van der Waals surface area (Å²) in [5.41, 5.74) is 12.1. The fourth-order valence-electron chi connectivity index (χ4n) is 1.89. The number of hydrogen-bond donors (Lipinski definition) is 2. The van der Waals surface area contributed by atoms with Crippen molar-refractivity contribution in [3.8, 4) is 5.75 Å². The molecule has 0 saturated carbocycles. The quantitative estimate of drug-likeness (QED) is 0.246. The number of ether oxygens (including phenoxy) is 2. The van der Waals surface area contributed by atoms with Gasteiger partial charge in [-0.25, -0.2) is 14.6 Å². The molecule has 0 bridgehead atoms. The number of guanidine groups is 1. The molecule has 4 N–H and O–H groups in total. The van der Waals surface area contributed by atoms with E-state index in [4.69, 9.17) is 21.0 Å². The maximum absolute atomic E-state index is 12.2. The molecule has 0 heterocycles. The van der Waals surface area contributed by atoms with Crippen molar-refractivity contribution in [1.29, 1.82) is 0 Å². The minimum atomic E-state index is -0.541. The maximum atomic E-state index is 12.2. The van der Waals surface area contributed by atoms with Crippen LogP contribution in [0.4, 0.5) is 5.69 Å². The van der Waals surface area contributed by atoms with Gasteiger partial charge in [-0.2, -0.15) is 0 Å². The number of aliphatic imine (C=N–C) groups is 1. The summed E-state index contributed by atoms with van der Waals surface area (Å²) in [5.74, 6) is -0.826. The van der Waals surface area contributed by atoms with Crippen molar-refractivity contribution in [2.75, 3.05) is 13.7 Å². The highest BCUT2D eigenvalue weighted by Crippen LogP contribution is 2.17. The topological polar surface area (TPSA) is 139 Å². The van der Waals surface area contributed by atoms with Crippen LogP contribution in [0.15, 0.2) is 58.7 Å². The van der Waals surface area contributed by atoms with Gasteiger partial charge < -0.3 is 25.8 Å². The van der Waals surface area contributed by atoms with Crippen LogP contribution in [0.1, 0.15) is 15.9 Å². The Kier molecular flexibility index (Phi) is 6.89. The molecule has 0 saturated heterocycles. The molecular formula is C18H18N4O5. The van der Waals surface area contributed by atoms with Crippen molar-refractivity contribution in [2.24, 2.45) is 21.6 Å². The fourth-order valence-corrected chi connectivity index (χ4v) is 1.89. The third-order valence-corrected chi connectivity index (χ3v) is 3.12. The van der Waals surface area contributed by atoms with Crippen molar-refractivity contribution in [3.05, 3.63) is 59.7 Å². The van der Waals surface area contributed by atoms with E-state index in [0.717, 1.165) is 0 Å². The molecule has 0 aliphatic carbocycles. The molecule has 0 aromatic heterocycles. The average Bonchev–Trinajstić information content (AvgIpc) is 2.65. The summed E-state index contributed by atoms with van der Waals surface area (Å²) in [7, 11) is 1.25. The van der Waals surface area contributed by atoms with Gasteiger partial charge in [0.2, 0.25) is 6.61 Å². The van der Waals surface area contributed by atoms with Crippen LogP contribution in [0.5, 0.6) is 5.75 Å². The molecule has 0 spiro atoms. The van der Waals surface area contributed by atoms with Crippen molar-refractivity contribution in [3.63, 3.8) is 0 Å². The second kappa shape index (κ2) is 9.56. The van der Waals surface area contributed by atoms with Gasteiger partial charge in [0.15, 0.2) is 5.96 Å². The lowest BCUT2D eigenvalue weighted by atomic mass is 10.2. The molecule has 2 aromatic rings. The summed E-state index contributed by atoms with van der Waals surface area (Å²) in [4.78, 5) is 31.8. The number of carbonyl (C=O) groups excluding carboxylic acids is 2. The van der Waals surface area contributed by atoms with E-state index < -0.39 is 11.9 Å². The van der Waals surface area contributed by atoms with E-state index in [1.54, 1.807) is 48.5 Å². The van der Waals surface area contributed by atoms with Crippen LogP contribution in [0.3, 0.4) is 0 Å². The largest absolute Gasteiger partial charge is 0.466 e. The zero-order valence-corrected chi connectivity index (χ0v) is 14.5. The van der Waals surface area contributed by atoms with E-state index in [9.17, 15) is 9.59 Å². The molecule has 0 radical (unpaired) electrons. The van der Waals surface area contributed by atoms with E-state index in [1.807, 2.05) is 0 Å². The Morgan fingerprint density at radius 2 is 1.85 bits per heavy atom. The summed E-state index contributed by atoms with van der Waals surface area (Å²) in [6.07, 6.45) is 1.38. The number of hydrogen-bond acceptors (Lipinski definition) is 7. The number of oxime groups is 1. The van der Waals surface area contributed by atoms with Crippen molar-refractivity contribution < 1.29 is 23.9 Å². The Morgan fingerprint density at radius 3 is 2.52 bits per heavy atom. The van der Waals surface area contributed by atoms with Gasteiger partial charge in [-0.05, 0) is 42.0 Å². The van der Waals surface area contributed by atoms with Crippen molar-refractivity contribution in [2.45, 2.75) is 0 Å². The first kappa shape index (κ1) is 19.4. The lowest BCUT2D eigenvalue weighted by Crippen LogP contribution is -2.21. The van der Waals surface area contributed by atoms with Crippen LogP contribution in [-0.4, -0.2) is 37.8 Å². The SMILES string of the molecule is COC(=O)CO/N=C/c1cccc(OC(=O)c2ccc(N=C(N)N)cc2)c1. The molecule has 9 nitrogen and oxygen atoms in total. The molecule has 2 aromatic carbocycles. The van der Waals surface area contributed by atoms with Gasteiger partial charge in [-0.15, -0.1) is 0 Å². The number of rotatable bonds is 7. The predicted molar refractivity (Wildman–Crippen MR) is 98.9 cm³/mol. The molecule has 27 heavy (non-hydrogen) atoms. The molecule has 140 valence electrons. The highest BCUT2D eigenvalue weighted by Gasteiger charge is 2.09. The minimum Gasteiger partial charge on any atom is -0.466 e. The first-order valence-electron chi connectivity index (χ1n) is 7.72. The standard InChI is InChI=1S/C18H18N4O5/c1-25-16(23)11-26-21-10-12-3-2-4-15(9-12)27-17(24)13-5-7-14(8-6-13)22-18(19)20/h2-10H,11H2,1H3,(H4,19,20,22)/b21-10+. The Bertz CT molecular complexity index is 858. The first-order valence-corrected chi connectivity index (χ1v) is 7.72. The first-order chi connectivity index (χ1) is 13.0. The van der Waals surface area contributed by atoms with Gasteiger partial charge in [0.1, 0.15) is 5.75 Å². The maximum Gasteiger partial charge on any atom is 0.346 e. The monoisotopic (exact) mass is 370 g/mol. The molecule has 0 amide bonds. The molecule has 0 unspecified atom stereocenters. The third-order valence-electron chi connectivity index (χ3n) is 3.12. The normalized spacial score (nSPS) is 10.3. The van der Waals surface area contributed by atoms with Gasteiger partial charge in [-0.1, -0.05) is 17.3 Å². The summed E-state index contributed by atoms with van der Waals surface area (Å²) < 4.78 is 9.74. The van der Waals surface area contributed by atoms with Crippen LogP contribution in [0.25, 0.3) is 0 Å². The number of nitrogens with two attached hydrogens (primary N) is 2. The number of benzene rings is 2. The highest BCUT2D eigenvalue weighted by molar-refractivity contribution is 5.92. The molecule has 2 rings (SSSR count). The lowest BCUT2D eigenvalue weighted by molar-refractivity contribution is -0.145. The minimum absolute atomic E-state index is 0.0700. The van der Waals surface area contributed by atoms with E-state index in [0.29, 0.717) is 22.6 Å². The van der Waals surface area contributed by atoms with Gasteiger partial charge in [-0.3, -0.25) is 0 Å². The van der Waals surface area contributed by atoms with Gasteiger partial charge in [0.05, 0.1) is 24.6 Å². The number of methoxy groups -OCH3 is 1. The van der Waals surface area contributed by atoms with E-state index in [1.165, 1.54) is 13.3 Å². The predicted octanol–water partition coefficient (Wildman–Crippen LogP) is 1.33. The van der Waals surface area contributed by atoms with Crippen LogP contribution in [0, 0.1) is 0 Å². The third kappa shape index (κ3) is 6.50. The van der Waals surface area contributed by atoms with Gasteiger partial charge >= 0.3 is 11.9 Å². The lowest BCUT2D eigenvalue weighted by Gasteiger charge is -2.05. The highest BCUT2D eigenvalue weighted by atomic mass is 16.6. The van der Waals surface area contributed by atoms with Gasteiger partial charge in [0.25, 0.3) is 0 Å². The van der Waals surface area contributed by atoms with Crippen LogP contribution in [0.2, 0.25) is 0 Å². The second-order valence-corrected chi connectivity index (χ2v) is 5.13. The molecule has 0 fully saturated rings. The van der Waals surface area contributed by atoms with E-state index in [2.05, 4.69) is 14.9 Å². The zero-order chi connectivity index (χ0) is 19.6. The van der Waals surface area contributed by atoms with E-state index in [-0.39, 0.29) is 12.6 Å². The number of esters is 2. The Hall–Kier alpha value is -3.88. The van der Waals surface area contributed by atoms with E-state index >= 15 is 0 Å².